The molecule has 0 aromatic carbocycles. The number of rotatable bonds is 8. The van der Waals surface area contributed by atoms with Crippen LogP contribution in [0.15, 0.2) is 11.0 Å². The predicted octanol–water partition coefficient (Wildman–Crippen LogP) is 2.27. The summed E-state index contributed by atoms with van der Waals surface area (Å²) in [5.74, 6) is 0. The Morgan fingerprint density at radius 1 is 1.53 bits per heavy atom. The number of aliphatic hydroxyl groups excluding tert-OH is 1. The molecule has 1 unspecified atom stereocenters. The minimum absolute atomic E-state index is 0.136. The van der Waals surface area contributed by atoms with Gasteiger partial charge in [-0.25, -0.2) is 4.68 Å². The van der Waals surface area contributed by atoms with Crippen LogP contribution in [0.25, 0.3) is 0 Å². The second kappa shape index (κ2) is 8.17. The van der Waals surface area contributed by atoms with Crippen molar-refractivity contribution in [3.63, 3.8) is 0 Å². The van der Waals surface area contributed by atoms with Crippen LogP contribution in [0, 0.1) is 0 Å². The molecule has 0 fully saturated rings. The number of unbranched alkanes of at least 4 members (excludes halogenated alkanes) is 1. The summed E-state index contributed by atoms with van der Waals surface area (Å²) in [6, 6.07) is 0.136. The Hall–Kier alpha value is -1.07. The monoisotopic (exact) mass is 287 g/mol. The number of aromatic nitrogens is 2. The fourth-order valence-corrected chi connectivity index (χ4v) is 1.97. The van der Waals surface area contributed by atoms with Crippen LogP contribution in [-0.4, -0.2) is 27.5 Å². The molecular weight excluding hydrogens is 266 g/mol. The molecule has 5 nitrogen and oxygen atoms in total. The first-order chi connectivity index (χ1) is 9.10. The maximum Gasteiger partial charge on any atom is 0.287 e. The lowest BCUT2D eigenvalue weighted by Gasteiger charge is -2.16. The first-order valence-electron chi connectivity index (χ1n) is 6.73. The molecule has 0 aliphatic heterocycles. The van der Waals surface area contributed by atoms with E-state index < -0.39 is 0 Å². The second-order valence-electron chi connectivity index (χ2n) is 4.67. The fourth-order valence-electron chi connectivity index (χ4n) is 1.77. The smallest absolute Gasteiger partial charge is 0.287 e. The van der Waals surface area contributed by atoms with Crippen molar-refractivity contribution in [1.82, 2.24) is 9.78 Å². The zero-order valence-corrected chi connectivity index (χ0v) is 12.3. The normalized spacial score (nSPS) is 12.4. The van der Waals surface area contributed by atoms with E-state index in [1.807, 2.05) is 6.92 Å². The van der Waals surface area contributed by atoms with Crippen molar-refractivity contribution in [2.24, 2.45) is 0 Å². The van der Waals surface area contributed by atoms with Gasteiger partial charge in [0.1, 0.15) is 5.02 Å². The van der Waals surface area contributed by atoms with Gasteiger partial charge in [0, 0.05) is 19.2 Å². The molecular formula is C13H22ClN3O2. The Morgan fingerprint density at radius 2 is 2.26 bits per heavy atom. The van der Waals surface area contributed by atoms with E-state index in [4.69, 9.17) is 16.7 Å². The molecule has 0 amide bonds. The number of halogens is 1. The first-order valence-corrected chi connectivity index (χ1v) is 7.11. The van der Waals surface area contributed by atoms with E-state index in [0.717, 1.165) is 19.3 Å². The molecule has 0 aliphatic carbocycles. The van der Waals surface area contributed by atoms with E-state index in [9.17, 15) is 4.79 Å². The molecule has 0 spiro atoms. The third kappa shape index (κ3) is 4.84. The molecule has 0 bridgehead atoms. The Kier molecular flexibility index (Phi) is 6.87. The number of hydrogen-bond acceptors (Lipinski definition) is 4. The van der Waals surface area contributed by atoms with Gasteiger partial charge in [-0.15, -0.1) is 0 Å². The van der Waals surface area contributed by atoms with E-state index >= 15 is 0 Å². The van der Waals surface area contributed by atoms with Crippen molar-refractivity contribution in [2.45, 2.75) is 52.1 Å². The second-order valence-corrected chi connectivity index (χ2v) is 5.04. The van der Waals surface area contributed by atoms with Crippen molar-refractivity contribution in [2.75, 3.05) is 11.9 Å². The van der Waals surface area contributed by atoms with E-state index in [1.165, 1.54) is 4.68 Å². The maximum absolute atomic E-state index is 12.0. The summed E-state index contributed by atoms with van der Waals surface area (Å²) in [6.45, 7) is 4.80. The van der Waals surface area contributed by atoms with Crippen LogP contribution in [0.4, 0.5) is 5.69 Å². The van der Waals surface area contributed by atoms with E-state index in [1.54, 1.807) is 6.20 Å². The summed E-state index contributed by atoms with van der Waals surface area (Å²) in [5, 5.41) is 16.2. The summed E-state index contributed by atoms with van der Waals surface area (Å²) < 4.78 is 1.40. The van der Waals surface area contributed by atoms with Crippen LogP contribution in [0.5, 0.6) is 0 Å². The van der Waals surface area contributed by atoms with Gasteiger partial charge in [0.05, 0.1) is 11.9 Å². The lowest BCUT2D eigenvalue weighted by molar-refractivity contribution is 0.282. The number of nitrogens with one attached hydrogen (secondary N) is 1. The average molecular weight is 288 g/mol. The van der Waals surface area contributed by atoms with Gasteiger partial charge in [-0.2, -0.15) is 5.10 Å². The third-order valence-corrected chi connectivity index (χ3v) is 3.27. The Balaban J connectivity index is 2.75. The Bertz CT molecular complexity index is 448. The standard InChI is InChI=1S/C13H22ClN3O2/c1-3-4-7-17-13(19)12(14)11(9-15-17)16-10(2)6-5-8-18/h9-10,16,18H,3-8H2,1-2H3. The number of aryl methyl sites for hydroxylation is 1. The van der Waals surface area contributed by atoms with Crippen molar-refractivity contribution >= 4 is 17.3 Å². The topological polar surface area (TPSA) is 67.2 Å². The molecule has 108 valence electrons. The van der Waals surface area contributed by atoms with Crippen LogP contribution < -0.4 is 10.9 Å². The lowest BCUT2D eigenvalue weighted by atomic mass is 10.2. The number of hydrogen-bond donors (Lipinski definition) is 2. The van der Waals surface area contributed by atoms with E-state index in [2.05, 4.69) is 17.3 Å². The average Bonchev–Trinajstić information content (AvgIpc) is 2.41. The molecule has 0 aliphatic rings. The van der Waals surface area contributed by atoms with Gasteiger partial charge < -0.3 is 10.4 Å². The molecule has 0 saturated heterocycles. The predicted molar refractivity (Wildman–Crippen MR) is 77.8 cm³/mol. The molecule has 1 aromatic rings. The molecule has 1 rings (SSSR count). The minimum Gasteiger partial charge on any atom is -0.396 e. The van der Waals surface area contributed by atoms with Crippen LogP contribution in [0.3, 0.4) is 0 Å². The van der Waals surface area contributed by atoms with Gasteiger partial charge in [-0.05, 0) is 26.2 Å². The molecule has 2 N–H and O–H groups in total. The van der Waals surface area contributed by atoms with Gasteiger partial charge in [-0.3, -0.25) is 4.79 Å². The summed E-state index contributed by atoms with van der Waals surface area (Å²) in [5.41, 5.74) is 0.305. The van der Waals surface area contributed by atoms with Crippen molar-refractivity contribution < 1.29 is 5.11 Å². The highest BCUT2D eigenvalue weighted by Gasteiger charge is 2.11. The highest BCUT2D eigenvalue weighted by molar-refractivity contribution is 6.32. The molecule has 0 saturated carbocycles. The Labute approximate surface area is 118 Å². The maximum atomic E-state index is 12.0. The summed E-state index contributed by atoms with van der Waals surface area (Å²) >= 11 is 6.07. The van der Waals surface area contributed by atoms with Crippen molar-refractivity contribution in [1.29, 1.82) is 0 Å². The lowest BCUT2D eigenvalue weighted by Crippen LogP contribution is -2.26. The minimum atomic E-state index is -0.255. The zero-order chi connectivity index (χ0) is 14.3. The van der Waals surface area contributed by atoms with E-state index in [0.29, 0.717) is 18.7 Å². The zero-order valence-electron chi connectivity index (χ0n) is 11.5. The van der Waals surface area contributed by atoms with Gasteiger partial charge in [0.15, 0.2) is 0 Å². The molecule has 19 heavy (non-hydrogen) atoms. The van der Waals surface area contributed by atoms with Gasteiger partial charge in [0.2, 0.25) is 0 Å². The third-order valence-electron chi connectivity index (χ3n) is 2.91. The summed E-state index contributed by atoms with van der Waals surface area (Å²) in [6.07, 6.45) is 5.03. The largest absolute Gasteiger partial charge is 0.396 e. The molecule has 1 aromatic heterocycles. The van der Waals surface area contributed by atoms with E-state index in [-0.39, 0.29) is 23.2 Å². The van der Waals surface area contributed by atoms with Crippen molar-refractivity contribution in [3.05, 3.63) is 21.6 Å². The molecule has 1 heterocycles. The highest BCUT2D eigenvalue weighted by atomic mass is 35.5. The molecule has 1 atom stereocenters. The number of nitrogens with zero attached hydrogens (tertiary/aromatic N) is 2. The Morgan fingerprint density at radius 3 is 2.89 bits per heavy atom. The van der Waals surface area contributed by atoms with Crippen LogP contribution in [0.1, 0.15) is 39.5 Å². The summed E-state index contributed by atoms with van der Waals surface area (Å²) in [7, 11) is 0. The first kappa shape index (κ1) is 16.0. The quantitative estimate of drug-likeness (QED) is 0.770. The SMILES string of the molecule is CCCCn1ncc(NC(C)CCCO)c(Cl)c1=O. The molecule has 6 heteroatoms. The van der Waals surface area contributed by atoms with Crippen LogP contribution >= 0.6 is 11.6 Å². The van der Waals surface area contributed by atoms with Gasteiger partial charge in [0.25, 0.3) is 5.56 Å². The molecule has 0 radical (unpaired) electrons. The van der Waals surface area contributed by atoms with Crippen LogP contribution in [0.2, 0.25) is 5.02 Å². The van der Waals surface area contributed by atoms with Crippen LogP contribution in [-0.2, 0) is 6.54 Å². The van der Waals surface area contributed by atoms with Gasteiger partial charge in [-0.1, -0.05) is 24.9 Å². The fraction of sp³-hybridized carbons (Fsp3) is 0.692. The summed E-state index contributed by atoms with van der Waals surface area (Å²) in [4.78, 5) is 12.0. The highest BCUT2D eigenvalue weighted by Crippen LogP contribution is 2.17. The number of aliphatic hydroxyl groups is 1. The number of anilines is 1. The van der Waals surface area contributed by atoms with Gasteiger partial charge >= 0.3 is 0 Å². The van der Waals surface area contributed by atoms with Crippen molar-refractivity contribution in [3.8, 4) is 0 Å².